The maximum atomic E-state index is 13.7. The van der Waals surface area contributed by atoms with E-state index in [1.807, 2.05) is 0 Å². The van der Waals surface area contributed by atoms with Crippen molar-refractivity contribution in [2.45, 2.75) is 50.4 Å². The number of hydrogen-bond donors (Lipinski definition) is 3. The van der Waals surface area contributed by atoms with Gasteiger partial charge in [-0.1, -0.05) is 6.08 Å². The summed E-state index contributed by atoms with van der Waals surface area (Å²) in [6.07, 6.45) is 3.60. The molecule has 10 heteroatoms. The standard InChI is InChI=1S/C22H29F2N5O3/c1-2-8-26-22(32)29-10-3-9-28(21(31)14-11-15(23)13-16(24)12-14)20(29)19(30)27-18-6-4-17(25)5-7-18/h2,11-13,17-18,20H,1,3-10,25H2,(H,26,32)(H,27,30). The number of rotatable bonds is 5. The van der Waals surface area contributed by atoms with Crippen molar-refractivity contribution in [1.29, 1.82) is 0 Å². The predicted octanol–water partition coefficient (Wildman–Crippen LogP) is 1.72. The van der Waals surface area contributed by atoms with Crippen molar-refractivity contribution in [2.24, 2.45) is 5.73 Å². The highest BCUT2D eigenvalue weighted by atomic mass is 19.1. The maximum Gasteiger partial charge on any atom is 0.319 e. The zero-order valence-electron chi connectivity index (χ0n) is 17.9. The summed E-state index contributed by atoms with van der Waals surface area (Å²) in [5.41, 5.74) is 5.71. The van der Waals surface area contributed by atoms with Gasteiger partial charge in [0, 0.05) is 43.3 Å². The van der Waals surface area contributed by atoms with Gasteiger partial charge in [0.1, 0.15) is 11.6 Å². The number of carbonyl (C=O) groups excluding carboxylic acids is 3. The van der Waals surface area contributed by atoms with Gasteiger partial charge in [0.05, 0.1) is 0 Å². The summed E-state index contributed by atoms with van der Waals surface area (Å²) >= 11 is 0. The Bertz CT molecular complexity index is 853. The molecule has 1 saturated carbocycles. The highest BCUT2D eigenvalue weighted by Crippen LogP contribution is 2.22. The smallest absolute Gasteiger partial charge is 0.319 e. The van der Waals surface area contributed by atoms with E-state index in [-0.39, 0.29) is 37.3 Å². The predicted molar refractivity (Wildman–Crippen MR) is 114 cm³/mol. The van der Waals surface area contributed by atoms with Gasteiger partial charge in [0.25, 0.3) is 11.8 Å². The van der Waals surface area contributed by atoms with Gasteiger partial charge >= 0.3 is 6.03 Å². The van der Waals surface area contributed by atoms with Crippen LogP contribution in [0.4, 0.5) is 13.6 Å². The van der Waals surface area contributed by atoms with Crippen LogP contribution in [0, 0.1) is 11.6 Å². The van der Waals surface area contributed by atoms with Gasteiger partial charge in [-0.05, 0) is 44.2 Å². The number of hydrogen-bond acceptors (Lipinski definition) is 4. The van der Waals surface area contributed by atoms with Crippen molar-refractivity contribution in [2.75, 3.05) is 19.6 Å². The molecule has 1 aromatic rings. The monoisotopic (exact) mass is 449 g/mol. The van der Waals surface area contributed by atoms with Crippen molar-refractivity contribution in [1.82, 2.24) is 20.4 Å². The summed E-state index contributed by atoms with van der Waals surface area (Å²) in [7, 11) is 0. The van der Waals surface area contributed by atoms with E-state index in [9.17, 15) is 23.2 Å². The van der Waals surface area contributed by atoms with Crippen LogP contribution < -0.4 is 16.4 Å². The lowest BCUT2D eigenvalue weighted by atomic mass is 9.91. The van der Waals surface area contributed by atoms with Gasteiger partial charge in [-0.25, -0.2) is 13.6 Å². The molecule has 8 nitrogen and oxygen atoms in total. The summed E-state index contributed by atoms with van der Waals surface area (Å²) in [6.45, 7) is 4.15. The normalized spacial score (nSPS) is 23.4. The average molecular weight is 450 g/mol. The Kier molecular flexibility index (Phi) is 7.79. The molecule has 2 aliphatic rings. The summed E-state index contributed by atoms with van der Waals surface area (Å²) in [4.78, 5) is 41.6. The van der Waals surface area contributed by atoms with Crippen LogP contribution in [0.2, 0.25) is 0 Å². The van der Waals surface area contributed by atoms with Crippen LogP contribution in [0.1, 0.15) is 42.5 Å². The molecule has 1 unspecified atom stereocenters. The molecule has 2 fully saturated rings. The largest absolute Gasteiger partial charge is 0.350 e. The second kappa shape index (κ2) is 10.5. The molecule has 0 radical (unpaired) electrons. The molecule has 1 aliphatic heterocycles. The van der Waals surface area contributed by atoms with Crippen molar-refractivity contribution in [3.63, 3.8) is 0 Å². The first-order valence-corrected chi connectivity index (χ1v) is 10.8. The van der Waals surface area contributed by atoms with E-state index in [2.05, 4.69) is 17.2 Å². The second-order valence-electron chi connectivity index (χ2n) is 8.17. The fourth-order valence-corrected chi connectivity index (χ4v) is 4.18. The minimum Gasteiger partial charge on any atom is -0.350 e. The maximum absolute atomic E-state index is 13.7. The van der Waals surface area contributed by atoms with E-state index in [0.717, 1.165) is 25.0 Å². The van der Waals surface area contributed by atoms with E-state index >= 15 is 0 Å². The molecule has 174 valence electrons. The van der Waals surface area contributed by atoms with Gasteiger partial charge in [-0.15, -0.1) is 6.58 Å². The first kappa shape index (κ1) is 23.6. The molecule has 4 amide bonds. The third-order valence-electron chi connectivity index (χ3n) is 5.77. The van der Waals surface area contributed by atoms with Gasteiger partial charge in [-0.3, -0.25) is 14.5 Å². The molecule has 0 bridgehead atoms. The zero-order valence-corrected chi connectivity index (χ0v) is 17.9. The van der Waals surface area contributed by atoms with Crippen LogP contribution in [0.5, 0.6) is 0 Å². The van der Waals surface area contributed by atoms with Crippen molar-refractivity contribution < 1.29 is 23.2 Å². The summed E-state index contributed by atoms with van der Waals surface area (Å²) in [5.74, 6) is -3.03. The van der Waals surface area contributed by atoms with Gasteiger partial charge in [0.2, 0.25) is 0 Å². The molecular formula is C22H29F2N5O3. The van der Waals surface area contributed by atoms with Crippen LogP contribution in [-0.2, 0) is 4.79 Å². The molecule has 1 saturated heterocycles. The van der Waals surface area contributed by atoms with Crippen molar-refractivity contribution in [3.05, 3.63) is 48.1 Å². The van der Waals surface area contributed by atoms with Gasteiger partial charge in [0.15, 0.2) is 6.17 Å². The molecule has 4 N–H and O–H groups in total. The van der Waals surface area contributed by atoms with E-state index in [1.165, 1.54) is 15.9 Å². The SMILES string of the molecule is C=CCNC(=O)N1CCCN(C(=O)c2cc(F)cc(F)c2)C1C(=O)NC1CCC(N)CC1. The third-order valence-corrected chi connectivity index (χ3v) is 5.77. The van der Waals surface area contributed by atoms with E-state index in [0.29, 0.717) is 25.3 Å². The minimum absolute atomic E-state index is 0.0972. The number of nitrogens with two attached hydrogens (primary N) is 1. The quantitative estimate of drug-likeness (QED) is 0.595. The molecule has 1 atom stereocenters. The topological polar surface area (TPSA) is 108 Å². The Morgan fingerprint density at radius 2 is 1.69 bits per heavy atom. The first-order valence-electron chi connectivity index (χ1n) is 10.8. The molecule has 1 heterocycles. The molecular weight excluding hydrogens is 420 g/mol. The molecule has 0 aromatic heterocycles. The second-order valence-corrected chi connectivity index (χ2v) is 8.17. The van der Waals surface area contributed by atoms with Crippen LogP contribution in [-0.4, -0.2) is 65.5 Å². The van der Waals surface area contributed by atoms with Crippen molar-refractivity contribution >= 4 is 17.8 Å². The lowest BCUT2D eigenvalue weighted by Crippen LogP contribution is -2.65. The Morgan fingerprint density at radius 1 is 1.06 bits per heavy atom. The summed E-state index contributed by atoms with van der Waals surface area (Å²) < 4.78 is 27.4. The van der Waals surface area contributed by atoms with E-state index < -0.39 is 35.6 Å². The van der Waals surface area contributed by atoms with Crippen LogP contribution >= 0.6 is 0 Å². The number of nitrogens with one attached hydrogen (secondary N) is 2. The number of nitrogens with zero attached hydrogens (tertiary/aromatic N) is 2. The molecule has 0 spiro atoms. The number of benzene rings is 1. The van der Waals surface area contributed by atoms with Crippen LogP contribution in [0.3, 0.4) is 0 Å². The average Bonchev–Trinajstić information content (AvgIpc) is 2.77. The minimum atomic E-state index is -1.25. The van der Waals surface area contributed by atoms with Gasteiger partial charge in [-0.2, -0.15) is 0 Å². The first-order chi connectivity index (χ1) is 15.3. The Hall–Kier alpha value is -3.01. The Labute approximate surface area is 185 Å². The number of carbonyl (C=O) groups is 3. The lowest BCUT2D eigenvalue weighted by molar-refractivity contribution is -0.133. The lowest BCUT2D eigenvalue weighted by Gasteiger charge is -2.43. The summed E-state index contributed by atoms with van der Waals surface area (Å²) in [6, 6.07) is 1.95. The van der Waals surface area contributed by atoms with Crippen LogP contribution in [0.15, 0.2) is 30.9 Å². The fraction of sp³-hybridized carbons (Fsp3) is 0.500. The Balaban J connectivity index is 1.86. The molecule has 1 aromatic carbocycles. The van der Waals surface area contributed by atoms with E-state index in [1.54, 1.807) is 0 Å². The molecule has 3 rings (SSSR count). The fourth-order valence-electron chi connectivity index (χ4n) is 4.18. The highest BCUT2D eigenvalue weighted by Gasteiger charge is 2.41. The van der Waals surface area contributed by atoms with Crippen molar-refractivity contribution in [3.8, 4) is 0 Å². The van der Waals surface area contributed by atoms with E-state index in [4.69, 9.17) is 5.73 Å². The highest BCUT2D eigenvalue weighted by molar-refractivity contribution is 5.98. The zero-order chi connectivity index (χ0) is 23.3. The number of amides is 4. The third kappa shape index (κ3) is 5.61. The molecule has 1 aliphatic carbocycles. The van der Waals surface area contributed by atoms with Gasteiger partial charge < -0.3 is 21.3 Å². The Morgan fingerprint density at radius 3 is 2.31 bits per heavy atom. The number of halogens is 2. The van der Waals surface area contributed by atoms with Crippen LogP contribution in [0.25, 0.3) is 0 Å². The number of urea groups is 1. The molecule has 32 heavy (non-hydrogen) atoms. The summed E-state index contributed by atoms with van der Waals surface area (Å²) in [5, 5.41) is 5.56.